The Kier molecular flexibility index (Phi) is 7.45. The third-order valence-electron chi connectivity index (χ3n) is 7.06. The first-order chi connectivity index (χ1) is 16.7. The first-order valence-electron chi connectivity index (χ1n) is 12.3. The third-order valence-corrected chi connectivity index (χ3v) is 7.06. The van der Waals surface area contributed by atoms with E-state index in [4.69, 9.17) is 4.98 Å². The molecular weight excluding hydrogens is 451 g/mol. The average Bonchev–Trinajstić information content (AvgIpc) is 2.85. The lowest BCUT2D eigenvalue weighted by atomic mass is 9.98. The number of aryl methyl sites for hydroxylation is 1. The van der Waals surface area contributed by atoms with E-state index in [0.29, 0.717) is 25.1 Å². The summed E-state index contributed by atoms with van der Waals surface area (Å²) in [5.41, 5.74) is 2.76. The molecule has 0 aliphatic carbocycles. The van der Waals surface area contributed by atoms with Gasteiger partial charge in [-0.2, -0.15) is 13.2 Å². The fraction of sp³-hybridized carbons (Fsp3) is 0.429. The molecule has 35 heavy (non-hydrogen) atoms. The molecule has 186 valence electrons. The number of hydrogen-bond acceptors (Lipinski definition) is 3. The maximum Gasteiger partial charge on any atom is 0.416 e. The third kappa shape index (κ3) is 5.35. The zero-order chi connectivity index (χ0) is 25.2. The lowest BCUT2D eigenvalue weighted by molar-refractivity contribution is -0.137. The molecule has 2 atom stereocenters. The number of hydrogen-bond donors (Lipinski definition) is 0. The van der Waals surface area contributed by atoms with Crippen molar-refractivity contribution < 1.29 is 13.2 Å². The highest BCUT2D eigenvalue weighted by molar-refractivity contribution is 5.29. The number of fused-ring (bicyclic) bond motifs is 1. The molecule has 2 aromatic carbocycles. The summed E-state index contributed by atoms with van der Waals surface area (Å²) < 4.78 is 40.7. The van der Waals surface area contributed by atoms with Crippen LogP contribution in [0.15, 0.2) is 59.4 Å². The second-order valence-electron chi connectivity index (χ2n) is 9.34. The van der Waals surface area contributed by atoms with Gasteiger partial charge in [0.05, 0.1) is 22.9 Å². The van der Waals surface area contributed by atoms with Gasteiger partial charge in [-0.05, 0) is 43.5 Å². The molecule has 4 rings (SSSR count). The Morgan fingerprint density at radius 2 is 1.71 bits per heavy atom. The van der Waals surface area contributed by atoms with E-state index in [1.807, 2.05) is 36.6 Å². The minimum atomic E-state index is -4.35. The van der Waals surface area contributed by atoms with Gasteiger partial charge < -0.3 is 0 Å². The van der Waals surface area contributed by atoms with E-state index in [0.717, 1.165) is 54.0 Å². The van der Waals surface area contributed by atoms with Gasteiger partial charge in [0.15, 0.2) is 0 Å². The number of halogens is 3. The number of aromatic nitrogens is 2. The Balaban J connectivity index is 1.65. The zero-order valence-electron chi connectivity index (χ0n) is 20.5. The zero-order valence-corrected chi connectivity index (χ0v) is 20.5. The fourth-order valence-corrected chi connectivity index (χ4v) is 5.01. The summed E-state index contributed by atoms with van der Waals surface area (Å²) in [4.78, 5) is 20.8. The fourth-order valence-electron chi connectivity index (χ4n) is 5.01. The molecule has 7 heteroatoms. The average molecular weight is 484 g/mol. The molecule has 0 saturated heterocycles. The van der Waals surface area contributed by atoms with Crippen LogP contribution in [0.4, 0.5) is 13.2 Å². The van der Waals surface area contributed by atoms with Gasteiger partial charge in [0, 0.05) is 25.6 Å². The van der Waals surface area contributed by atoms with E-state index in [1.54, 1.807) is 0 Å². The molecule has 1 aliphatic heterocycles. The quantitative estimate of drug-likeness (QED) is 0.387. The van der Waals surface area contributed by atoms with Crippen molar-refractivity contribution >= 4 is 0 Å². The van der Waals surface area contributed by atoms with Crippen LogP contribution in [-0.2, 0) is 19.1 Å². The smallest absolute Gasteiger partial charge is 0.292 e. The van der Waals surface area contributed by atoms with Crippen molar-refractivity contribution in [3.63, 3.8) is 0 Å². The molecule has 1 aromatic heterocycles. The van der Waals surface area contributed by atoms with Crippen LogP contribution in [-0.4, -0.2) is 21.0 Å². The van der Waals surface area contributed by atoms with Gasteiger partial charge in [0.25, 0.3) is 5.56 Å². The molecule has 0 spiro atoms. The number of nitrogens with zero attached hydrogens (tertiary/aromatic N) is 3. The molecule has 0 amide bonds. The molecule has 1 unspecified atom stereocenters. The predicted octanol–water partition coefficient (Wildman–Crippen LogP) is 6.47. The standard InChI is InChI=1S/C28H32F3N3O/c1-4-5-11-26(22-9-7-6-8-10-22)34-20(3)32-25-16-17-33(18-24(25)27(34)35)19(2)21-12-14-23(15-13-21)28(29,30)31/h6-10,12-15,19,26H,4-5,11,16-18H2,1-3H3/t19-,26?/m0/s1. The number of rotatable bonds is 7. The van der Waals surface area contributed by atoms with E-state index < -0.39 is 11.7 Å². The second-order valence-corrected chi connectivity index (χ2v) is 9.34. The molecule has 0 radical (unpaired) electrons. The van der Waals surface area contributed by atoms with Crippen molar-refractivity contribution in [1.82, 2.24) is 14.5 Å². The van der Waals surface area contributed by atoms with E-state index in [-0.39, 0.29) is 17.6 Å². The summed E-state index contributed by atoms with van der Waals surface area (Å²) in [6.07, 6.45) is -0.823. The van der Waals surface area contributed by atoms with E-state index >= 15 is 0 Å². The normalized spacial score (nSPS) is 16.1. The predicted molar refractivity (Wildman–Crippen MR) is 131 cm³/mol. The molecule has 4 nitrogen and oxygen atoms in total. The van der Waals surface area contributed by atoms with Gasteiger partial charge in [-0.15, -0.1) is 0 Å². The summed E-state index contributed by atoms with van der Waals surface area (Å²) in [6, 6.07) is 15.2. The Bertz CT molecular complexity index is 1200. The van der Waals surface area contributed by atoms with Crippen molar-refractivity contribution in [3.8, 4) is 0 Å². The van der Waals surface area contributed by atoms with Gasteiger partial charge in [-0.25, -0.2) is 4.98 Å². The van der Waals surface area contributed by atoms with Crippen LogP contribution in [0.2, 0.25) is 0 Å². The molecular formula is C28H32F3N3O. The first-order valence-corrected chi connectivity index (χ1v) is 12.3. The Labute approximate surface area is 204 Å². The number of benzene rings is 2. The summed E-state index contributed by atoms with van der Waals surface area (Å²) in [5.74, 6) is 0.725. The minimum Gasteiger partial charge on any atom is -0.292 e. The van der Waals surface area contributed by atoms with Crippen molar-refractivity contribution in [2.75, 3.05) is 6.54 Å². The van der Waals surface area contributed by atoms with Crippen LogP contribution in [0.25, 0.3) is 0 Å². The molecule has 0 N–H and O–H groups in total. The van der Waals surface area contributed by atoms with E-state index in [9.17, 15) is 18.0 Å². The molecule has 2 heterocycles. The second kappa shape index (κ2) is 10.4. The Hall–Kier alpha value is -2.93. The van der Waals surface area contributed by atoms with Crippen molar-refractivity contribution in [2.24, 2.45) is 0 Å². The summed E-state index contributed by atoms with van der Waals surface area (Å²) in [5, 5.41) is 0. The monoisotopic (exact) mass is 483 g/mol. The van der Waals surface area contributed by atoms with Crippen LogP contribution >= 0.6 is 0 Å². The van der Waals surface area contributed by atoms with Crippen LogP contribution in [0.5, 0.6) is 0 Å². The van der Waals surface area contributed by atoms with Crippen LogP contribution < -0.4 is 5.56 Å². The van der Waals surface area contributed by atoms with Gasteiger partial charge in [0.1, 0.15) is 5.82 Å². The SMILES string of the molecule is CCCCC(c1ccccc1)n1c(C)nc2c(c1=O)CN([C@@H](C)c1ccc(C(F)(F)F)cc1)CC2. The van der Waals surface area contributed by atoms with E-state index in [1.165, 1.54) is 12.1 Å². The van der Waals surface area contributed by atoms with Crippen molar-refractivity contribution in [2.45, 2.75) is 71.3 Å². The summed E-state index contributed by atoms with van der Waals surface area (Å²) in [7, 11) is 0. The molecule has 0 fully saturated rings. The van der Waals surface area contributed by atoms with E-state index in [2.05, 4.69) is 24.0 Å². The van der Waals surface area contributed by atoms with Crippen molar-refractivity contribution in [1.29, 1.82) is 0 Å². The Morgan fingerprint density at radius 1 is 1.03 bits per heavy atom. The van der Waals surface area contributed by atoms with Crippen LogP contribution in [0.3, 0.4) is 0 Å². The maximum atomic E-state index is 13.8. The lowest BCUT2D eigenvalue weighted by Crippen LogP contribution is -2.41. The molecule has 1 aliphatic rings. The highest BCUT2D eigenvalue weighted by Gasteiger charge is 2.31. The van der Waals surface area contributed by atoms with Gasteiger partial charge in [-0.1, -0.05) is 62.2 Å². The van der Waals surface area contributed by atoms with Gasteiger partial charge in [-0.3, -0.25) is 14.3 Å². The summed E-state index contributed by atoms with van der Waals surface area (Å²) in [6.45, 7) is 7.15. The van der Waals surface area contributed by atoms with Gasteiger partial charge in [0.2, 0.25) is 0 Å². The summed E-state index contributed by atoms with van der Waals surface area (Å²) >= 11 is 0. The minimum absolute atomic E-state index is 0.0122. The highest BCUT2D eigenvalue weighted by atomic mass is 19.4. The molecule has 3 aromatic rings. The first kappa shape index (κ1) is 25.2. The highest BCUT2D eigenvalue weighted by Crippen LogP contribution is 2.32. The Morgan fingerprint density at radius 3 is 2.34 bits per heavy atom. The largest absolute Gasteiger partial charge is 0.416 e. The number of alkyl halides is 3. The molecule has 0 saturated carbocycles. The van der Waals surface area contributed by atoms with Crippen molar-refractivity contribution in [3.05, 3.63) is 98.7 Å². The topological polar surface area (TPSA) is 38.1 Å². The number of unbranched alkanes of at least 4 members (excludes halogenated alkanes) is 1. The van der Waals surface area contributed by atoms with Gasteiger partial charge >= 0.3 is 6.18 Å². The lowest BCUT2D eigenvalue weighted by Gasteiger charge is -2.34. The molecule has 0 bridgehead atoms. The van der Waals surface area contributed by atoms with Crippen LogP contribution in [0, 0.1) is 6.92 Å². The maximum absolute atomic E-state index is 13.8. The van der Waals surface area contributed by atoms with Crippen LogP contribution in [0.1, 0.15) is 79.0 Å².